The van der Waals surface area contributed by atoms with Crippen molar-refractivity contribution in [3.8, 4) is 0 Å². The summed E-state index contributed by atoms with van der Waals surface area (Å²) in [7, 11) is 1.68. The smallest absolute Gasteiger partial charge is 0.237 e. The number of para-hydroxylation sites is 1. The highest BCUT2D eigenvalue weighted by Gasteiger charge is 2.26. The highest BCUT2D eigenvalue weighted by atomic mass is 32.1. The number of fused-ring (bicyclic) bond motifs is 1. The summed E-state index contributed by atoms with van der Waals surface area (Å²) in [5, 5.41) is 4.07. The third-order valence-corrected chi connectivity index (χ3v) is 5.72. The normalized spacial score (nSPS) is 17.0. The highest BCUT2D eigenvalue weighted by molar-refractivity contribution is 7.22. The molecule has 1 aliphatic heterocycles. The lowest BCUT2D eigenvalue weighted by Crippen LogP contribution is -2.54. The van der Waals surface area contributed by atoms with Crippen molar-refractivity contribution in [1.29, 1.82) is 0 Å². The van der Waals surface area contributed by atoms with Crippen LogP contribution in [0.25, 0.3) is 10.2 Å². The Balaban J connectivity index is 1.50. The van der Waals surface area contributed by atoms with Crippen molar-refractivity contribution in [2.75, 3.05) is 51.3 Å². The number of benzene rings is 1. The van der Waals surface area contributed by atoms with Crippen LogP contribution in [0.2, 0.25) is 0 Å². The van der Waals surface area contributed by atoms with Gasteiger partial charge in [-0.1, -0.05) is 23.5 Å². The minimum atomic E-state index is -0.0972. The van der Waals surface area contributed by atoms with Crippen molar-refractivity contribution in [2.45, 2.75) is 19.4 Å². The van der Waals surface area contributed by atoms with E-state index in [1.54, 1.807) is 18.4 Å². The van der Waals surface area contributed by atoms with Crippen molar-refractivity contribution in [3.05, 3.63) is 24.3 Å². The number of nitrogens with one attached hydrogen (secondary N) is 1. The molecule has 0 radical (unpaired) electrons. The van der Waals surface area contributed by atoms with Gasteiger partial charge in [0.15, 0.2) is 5.13 Å². The number of methoxy groups -OCH3 is 1. The molecular formula is C18H26N4O2S. The molecule has 25 heavy (non-hydrogen) atoms. The van der Waals surface area contributed by atoms with Crippen LogP contribution in [0.15, 0.2) is 24.3 Å². The lowest BCUT2D eigenvalue weighted by Gasteiger charge is -2.37. The third kappa shape index (κ3) is 4.48. The highest BCUT2D eigenvalue weighted by Crippen LogP contribution is 2.29. The topological polar surface area (TPSA) is 57.7 Å². The van der Waals surface area contributed by atoms with E-state index in [1.165, 1.54) is 4.70 Å². The van der Waals surface area contributed by atoms with Crippen LogP contribution in [0.5, 0.6) is 0 Å². The molecule has 0 spiro atoms. The standard InChI is InChI=1S/C18H26N4O2S/c1-14(17(23)19-8-5-13-24-2)21-9-11-22(12-10-21)18-20-15-6-3-4-7-16(15)25-18/h3-4,6-7,14H,5,8-13H2,1-2H3,(H,19,23). The van der Waals surface area contributed by atoms with E-state index in [1.807, 2.05) is 13.0 Å². The first-order valence-corrected chi connectivity index (χ1v) is 9.62. The maximum absolute atomic E-state index is 12.3. The Labute approximate surface area is 152 Å². The number of carbonyl (C=O) groups excluding carboxylic acids is 1. The Bertz CT molecular complexity index is 664. The van der Waals surface area contributed by atoms with Crippen LogP contribution in [0, 0.1) is 0 Å². The Hall–Kier alpha value is -1.70. The maximum Gasteiger partial charge on any atom is 0.237 e. The molecule has 0 aliphatic carbocycles. The second-order valence-corrected chi connectivity index (χ2v) is 7.31. The van der Waals surface area contributed by atoms with Gasteiger partial charge in [0.2, 0.25) is 5.91 Å². The van der Waals surface area contributed by atoms with Crippen LogP contribution in [0.3, 0.4) is 0 Å². The van der Waals surface area contributed by atoms with Crippen molar-refractivity contribution in [1.82, 2.24) is 15.2 Å². The molecule has 2 heterocycles. The van der Waals surface area contributed by atoms with Crippen LogP contribution in [-0.4, -0.2) is 68.3 Å². The number of hydrogen-bond donors (Lipinski definition) is 1. The monoisotopic (exact) mass is 362 g/mol. The number of hydrogen-bond acceptors (Lipinski definition) is 6. The fraction of sp³-hybridized carbons (Fsp3) is 0.556. The molecule has 1 atom stereocenters. The Kier molecular flexibility index (Phi) is 6.23. The van der Waals surface area contributed by atoms with E-state index in [0.717, 1.165) is 43.2 Å². The summed E-state index contributed by atoms with van der Waals surface area (Å²) >= 11 is 1.74. The van der Waals surface area contributed by atoms with Crippen LogP contribution < -0.4 is 10.2 Å². The van der Waals surface area contributed by atoms with Gasteiger partial charge in [0.05, 0.1) is 16.3 Å². The predicted molar refractivity (Wildman–Crippen MR) is 102 cm³/mol. The van der Waals surface area contributed by atoms with Gasteiger partial charge in [0.25, 0.3) is 0 Å². The zero-order chi connectivity index (χ0) is 17.6. The molecule has 1 amide bonds. The minimum absolute atomic E-state index is 0.0972. The van der Waals surface area contributed by atoms with Gasteiger partial charge in [-0.3, -0.25) is 9.69 Å². The van der Waals surface area contributed by atoms with Gasteiger partial charge in [-0.05, 0) is 25.5 Å². The Morgan fingerprint density at radius 2 is 2.08 bits per heavy atom. The second-order valence-electron chi connectivity index (χ2n) is 6.30. The van der Waals surface area contributed by atoms with Crippen molar-refractivity contribution >= 4 is 32.6 Å². The zero-order valence-corrected chi connectivity index (χ0v) is 15.7. The molecule has 1 aromatic heterocycles. The van der Waals surface area contributed by atoms with Crippen LogP contribution in [-0.2, 0) is 9.53 Å². The van der Waals surface area contributed by atoms with Crippen molar-refractivity contribution < 1.29 is 9.53 Å². The Morgan fingerprint density at radius 1 is 1.32 bits per heavy atom. The summed E-state index contributed by atoms with van der Waals surface area (Å²) < 4.78 is 6.23. The number of thiazole rings is 1. The van der Waals surface area contributed by atoms with Gasteiger partial charge in [0.1, 0.15) is 0 Å². The number of amides is 1. The number of rotatable bonds is 7. The predicted octanol–water partition coefficient (Wildman–Crippen LogP) is 1.96. The third-order valence-electron chi connectivity index (χ3n) is 4.62. The number of piperazine rings is 1. The van der Waals surface area contributed by atoms with Gasteiger partial charge < -0.3 is 15.0 Å². The number of nitrogens with zero attached hydrogens (tertiary/aromatic N) is 3. The summed E-state index contributed by atoms with van der Waals surface area (Å²) in [6, 6.07) is 8.15. The van der Waals surface area contributed by atoms with Gasteiger partial charge in [-0.2, -0.15) is 0 Å². The largest absolute Gasteiger partial charge is 0.385 e. The summed E-state index contributed by atoms with van der Waals surface area (Å²) in [5.74, 6) is 0.101. The maximum atomic E-state index is 12.3. The molecule has 1 aliphatic rings. The second kappa shape index (κ2) is 8.60. The van der Waals surface area contributed by atoms with Crippen molar-refractivity contribution in [3.63, 3.8) is 0 Å². The van der Waals surface area contributed by atoms with E-state index < -0.39 is 0 Å². The molecule has 7 heteroatoms. The molecule has 1 saturated heterocycles. The van der Waals surface area contributed by atoms with E-state index >= 15 is 0 Å². The van der Waals surface area contributed by atoms with E-state index in [4.69, 9.17) is 9.72 Å². The molecule has 136 valence electrons. The van der Waals surface area contributed by atoms with Crippen LogP contribution >= 0.6 is 11.3 Å². The quantitative estimate of drug-likeness (QED) is 0.763. The average molecular weight is 362 g/mol. The number of anilines is 1. The molecule has 0 saturated carbocycles. The van der Waals surface area contributed by atoms with Gasteiger partial charge in [-0.15, -0.1) is 0 Å². The SMILES string of the molecule is COCCCNC(=O)C(C)N1CCN(c2nc3ccccc3s2)CC1. The van der Waals surface area contributed by atoms with E-state index in [9.17, 15) is 4.79 Å². The summed E-state index contributed by atoms with van der Waals surface area (Å²) in [6.45, 7) is 6.89. The fourth-order valence-electron chi connectivity index (χ4n) is 3.04. The first-order chi connectivity index (χ1) is 12.2. The molecule has 2 aromatic rings. The van der Waals surface area contributed by atoms with Crippen LogP contribution in [0.1, 0.15) is 13.3 Å². The first-order valence-electron chi connectivity index (χ1n) is 8.80. The number of ether oxygens (including phenoxy) is 1. The van der Waals surface area contributed by atoms with Crippen LogP contribution in [0.4, 0.5) is 5.13 Å². The average Bonchev–Trinajstić information content (AvgIpc) is 3.09. The molecule has 6 nitrogen and oxygen atoms in total. The molecule has 1 fully saturated rings. The number of aromatic nitrogens is 1. The van der Waals surface area contributed by atoms with E-state index in [-0.39, 0.29) is 11.9 Å². The molecule has 0 bridgehead atoms. The molecule has 1 aromatic carbocycles. The summed E-state index contributed by atoms with van der Waals surface area (Å²) in [6.07, 6.45) is 0.848. The lowest BCUT2D eigenvalue weighted by molar-refractivity contribution is -0.126. The molecular weight excluding hydrogens is 336 g/mol. The minimum Gasteiger partial charge on any atom is -0.385 e. The number of carbonyl (C=O) groups is 1. The Morgan fingerprint density at radius 3 is 2.80 bits per heavy atom. The molecule has 1 unspecified atom stereocenters. The molecule has 3 rings (SSSR count). The molecule has 1 N–H and O–H groups in total. The zero-order valence-electron chi connectivity index (χ0n) is 14.9. The van der Waals surface area contributed by atoms with E-state index in [2.05, 4.69) is 33.3 Å². The fourth-order valence-corrected chi connectivity index (χ4v) is 4.05. The lowest BCUT2D eigenvalue weighted by atomic mass is 10.2. The van der Waals surface area contributed by atoms with E-state index in [0.29, 0.717) is 13.2 Å². The van der Waals surface area contributed by atoms with Gasteiger partial charge >= 0.3 is 0 Å². The first kappa shape index (κ1) is 18.1. The summed E-state index contributed by atoms with van der Waals surface area (Å²) in [4.78, 5) is 21.6. The van der Waals surface area contributed by atoms with Gasteiger partial charge in [-0.25, -0.2) is 4.98 Å². The van der Waals surface area contributed by atoms with Crippen molar-refractivity contribution in [2.24, 2.45) is 0 Å². The van der Waals surface area contributed by atoms with Gasteiger partial charge in [0, 0.05) is 46.4 Å². The summed E-state index contributed by atoms with van der Waals surface area (Å²) in [5.41, 5.74) is 1.06.